The van der Waals surface area contributed by atoms with E-state index in [1.54, 1.807) is 42.5 Å². The van der Waals surface area contributed by atoms with Gasteiger partial charge in [0.05, 0.1) is 22.5 Å². The van der Waals surface area contributed by atoms with Gasteiger partial charge in [0, 0.05) is 20.0 Å². The number of hydrogen-bond acceptors (Lipinski definition) is 4. The zero-order valence-corrected chi connectivity index (χ0v) is 23.6. The quantitative estimate of drug-likeness (QED) is 0.364. The third-order valence-electron chi connectivity index (χ3n) is 6.34. The van der Waals surface area contributed by atoms with Crippen LogP contribution in [0.15, 0.2) is 72.8 Å². The standard InChI is InChI=1S/C28H29ClF3N3O4S/c1-19-9-7-8-12-21(19)17-34(25(27(37)33-2)15-20-10-5-4-6-11-20)26(36)18-35(40(3,38)39)24-16-22(28(30,31)32)13-14-23(24)29/h4-14,16,25H,15,17-18H2,1-3H3,(H,33,37). The zero-order chi connectivity index (χ0) is 29.7. The molecule has 0 spiro atoms. The number of hydrogen-bond donors (Lipinski definition) is 1. The Bertz CT molecular complexity index is 1470. The number of rotatable bonds is 10. The molecular weight excluding hydrogens is 567 g/mol. The van der Waals surface area contributed by atoms with Crippen molar-refractivity contribution in [1.29, 1.82) is 0 Å². The maximum absolute atomic E-state index is 13.9. The average molecular weight is 596 g/mol. The molecule has 0 radical (unpaired) electrons. The van der Waals surface area contributed by atoms with Gasteiger partial charge in [0.2, 0.25) is 21.8 Å². The summed E-state index contributed by atoms with van der Waals surface area (Å²) in [6.07, 6.45) is -3.90. The van der Waals surface area contributed by atoms with Gasteiger partial charge >= 0.3 is 6.18 Å². The summed E-state index contributed by atoms with van der Waals surface area (Å²) in [5.41, 5.74) is 0.664. The molecule has 0 bridgehead atoms. The van der Waals surface area contributed by atoms with E-state index in [0.29, 0.717) is 15.9 Å². The lowest BCUT2D eigenvalue weighted by molar-refractivity contribution is -0.139. The van der Waals surface area contributed by atoms with Crippen LogP contribution >= 0.6 is 11.6 Å². The van der Waals surface area contributed by atoms with Crippen LogP contribution in [0.4, 0.5) is 18.9 Å². The van der Waals surface area contributed by atoms with Crippen LogP contribution in [0.25, 0.3) is 0 Å². The number of alkyl halides is 3. The van der Waals surface area contributed by atoms with E-state index < -0.39 is 51.9 Å². The molecular formula is C28H29ClF3N3O4S. The molecule has 3 rings (SSSR count). The van der Waals surface area contributed by atoms with Gasteiger partial charge < -0.3 is 10.2 Å². The van der Waals surface area contributed by atoms with Gasteiger partial charge in [0.15, 0.2) is 0 Å². The van der Waals surface area contributed by atoms with Crippen molar-refractivity contribution in [2.24, 2.45) is 0 Å². The first-order valence-corrected chi connectivity index (χ1v) is 14.4. The van der Waals surface area contributed by atoms with Crippen molar-refractivity contribution in [3.8, 4) is 0 Å². The number of anilines is 1. The normalized spacial score (nSPS) is 12.5. The molecule has 3 aromatic carbocycles. The minimum atomic E-state index is -4.77. The fourth-order valence-corrected chi connectivity index (χ4v) is 5.29. The molecule has 12 heteroatoms. The van der Waals surface area contributed by atoms with E-state index in [0.717, 1.165) is 29.5 Å². The SMILES string of the molecule is CNC(=O)C(Cc1ccccc1)N(Cc1ccccc1C)C(=O)CN(c1cc(C(F)(F)F)ccc1Cl)S(C)(=O)=O. The van der Waals surface area contributed by atoms with Gasteiger partial charge in [-0.25, -0.2) is 8.42 Å². The van der Waals surface area contributed by atoms with Gasteiger partial charge in [-0.3, -0.25) is 13.9 Å². The van der Waals surface area contributed by atoms with Gasteiger partial charge in [-0.1, -0.05) is 66.2 Å². The van der Waals surface area contributed by atoms with E-state index in [1.807, 2.05) is 19.1 Å². The molecule has 0 aliphatic carbocycles. The molecule has 0 aromatic heterocycles. The lowest BCUT2D eigenvalue weighted by Crippen LogP contribution is -2.53. The van der Waals surface area contributed by atoms with Crippen molar-refractivity contribution in [1.82, 2.24) is 10.2 Å². The highest BCUT2D eigenvalue weighted by Gasteiger charge is 2.35. The Kier molecular flexibility index (Phi) is 9.86. The monoisotopic (exact) mass is 595 g/mol. The number of aryl methyl sites for hydroxylation is 1. The molecule has 1 atom stereocenters. The van der Waals surface area contributed by atoms with E-state index in [4.69, 9.17) is 11.6 Å². The fourth-order valence-electron chi connectivity index (χ4n) is 4.17. The summed E-state index contributed by atoms with van der Waals surface area (Å²) in [4.78, 5) is 28.3. The van der Waals surface area contributed by atoms with Crippen LogP contribution in [-0.2, 0) is 38.8 Å². The Hall–Kier alpha value is -3.57. The van der Waals surface area contributed by atoms with Crippen LogP contribution in [0.1, 0.15) is 22.3 Å². The third kappa shape index (κ3) is 7.76. The summed E-state index contributed by atoms with van der Waals surface area (Å²) in [7, 11) is -2.87. The molecule has 2 amide bonds. The second-order valence-electron chi connectivity index (χ2n) is 9.20. The van der Waals surface area contributed by atoms with Gasteiger partial charge in [-0.2, -0.15) is 13.2 Å². The highest BCUT2D eigenvalue weighted by molar-refractivity contribution is 7.92. The second-order valence-corrected chi connectivity index (χ2v) is 11.5. The minimum Gasteiger partial charge on any atom is -0.357 e. The predicted molar refractivity (Wildman–Crippen MR) is 148 cm³/mol. The average Bonchev–Trinajstić information content (AvgIpc) is 2.89. The molecule has 0 heterocycles. The highest BCUT2D eigenvalue weighted by atomic mass is 35.5. The van der Waals surface area contributed by atoms with E-state index in [1.165, 1.54) is 11.9 Å². The summed E-state index contributed by atoms with van der Waals surface area (Å²) in [5, 5.41) is 2.27. The Balaban J connectivity index is 2.10. The number of benzene rings is 3. The number of nitrogens with one attached hydrogen (secondary N) is 1. The van der Waals surface area contributed by atoms with E-state index in [-0.39, 0.29) is 18.0 Å². The maximum Gasteiger partial charge on any atom is 0.416 e. The molecule has 0 fully saturated rings. The topological polar surface area (TPSA) is 86.8 Å². The van der Waals surface area contributed by atoms with E-state index in [2.05, 4.69) is 5.32 Å². The fraction of sp³-hybridized carbons (Fsp3) is 0.286. The number of sulfonamides is 1. The van der Waals surface area contributed by atoms with Gasteiger partial charge in [0.25, 0.3) is 0 Å². The molecule has 7 nitrogen and oxygen atoms in total. The van der Waals surface area contributed by atoms with E-state index >= 15 is 0 Å². The van der Waals surface area contributed by atoms with Crippen LogP contribution in [-0.4, -0.2) is 51.0 Å². The number of nitrogens with zero attached hydrogens (tertiary/aromatic N) is 2. The van der Waals surface area contributed by atoms with Crippen molar-refractivity contribution >= 4 is 39.1 Å². The highest BCUT2D eigenvalue weighted by Crippen LogP contribution is 2.36. The maximum atomic E-state index is 13.9. The predicted octanol–water partition coefficient (Wildman–Crippen LogP) is 4.82. The summed E-state index contributed by atoms with van der Waals surface area (Å²) in [6, 6.07) is 17.3. The zero-order valence-electron chi connectivity index (χ0n) is 22.1. The number of amides is 2. The van der Waals surface area contributed by atoms with Crippen molar-refractivity contribution < 1.29 is 31.2 Å². The molecule has 0 aliphatic rings. The Morgan fingerprint density at radius 3 is 2.20 bits per heavy atom. The molecule has 40 heavy (non-hydrogen) atoms. The summed E-state index contributed by atoms with van der Waals surface area (Å²) in [6.45, 7) is 0.897. The number of carbonyl (C=O) groups excluding carboxylic acids is 2. The van der Waals surface area contributed by atoms with Crippen LogP contribution in [0.5, 0.6) is 0 Å². The van der Waals surface area contributed by atoms with Crippen molar-refractivity contribution in [2.45, 2.75) is 32.1 Å². The van der Waals surface area contributed by atoms with Crippen molar-refractivity contribution in [3.05, 3.63) is 100 Å². The minimum absolute atomic E-state index is 0.0512. The first-order valence-electron chi connectivity index (χ1n) is 12.2. The first kappa shape index (κ1) is 31.0. The third-order valence-corrected chi connectivity index (χ3v) is 7.79. The molecule has 0 saturated carbocycles. The first-order chi connectivity index (χ1) is 18.7. The second kappa shape index (κ2) is 12.7. The molecule has 214 valence electrons. The van der Waals surface area contributed by atoms with Crippen molar-refractivity contribution in [2.75, 3.05) is 24.2 Å². The number of likely N-dealkylation sites (N-methyl/N-ethyl adjacent to an activating group) is 1. The molecule has 3 aromatic rings. The largest absolute Gasteiger partial charge is 0.416 e. The molecule has 1 unspecified atom stereocenters. The summed E-state index contributed by atoms with van der Waals surface area (Å²) in [5.74, 6) is -1.29. The number of carbonyl (C=O) groups is 2. The summed E-state index contributed by atoms with van der Waals surface area (Å²) < 4.78 is 66.5. The van der Waals surface area contributed by atoms with Crippen LogP contribution in [0.2, 0.25) is 5.02 Å². The van der Waals surface area contributed by atoms with Crippen LogP contribution in [0.3, 0.4) is 0 Å². The Morgan fingerprint density at radius 1 is 1.00 bits per heavy atom. The lowest BCUT2D eigenvalue weighted by Gasteiger charge is -2.33. The lowest BCUT2D eigenvalue weighted by atomic mass is 10.0. The molecule has 1 N–H and O–H groups in total. The molecule has 0 saturated heterocycles. The smallest absolute Gasteiger partial charge is 0.357 e. The van der Waals surface area contributed by atoms with Crippen molar-refractivity contribution in [3.63, 3.8) is 0 Å². The van der Waals surface area contributed by atoms with Gasteiger partial charge in [-0.15, -0.1) is 0 Å². The van der Waals surface area contributed by atoms with Gasteiger partial charge in [0.1, 0.15) is 12.6 Å². The van der Waals surface area contributed by atoms with Crippen LogP contribution < -0.4 is 9.62 Å². The Labute approximate surface area is 236 Å². The Morgan fingerprint density at radius 2 is 1.62 bits per heavy atom. The van der Waals surface area contributed by atoms with Gasteiger partial charge in [-0.05, 0) is 41.8 Å². The summed E-state index contributed by atoms with van der Waals surface area (Å²) >= 11 is 6.14. The molecule has 0 aliphatic heterocycles. The van der Waals surface area contributed by atoms with Crippen LogP contribution in [0, 0.1) is 6.92 Å². The number of halogens is 4. The van der Waals surface area contributed by atoms with E-state index in [9.17, 15) is 31.2 Å².